The van der Waals surface area contributed by atoms with Gasteiger partial charge in [-0.15, -0.1) is 11.3 Å². The number of halogens is 2. The second kappa shape index (κ2) is 8.43. The number of hydrogen-bond acceptors (Lipinski definition) is 5. The first kappa shape index (κ1) is 23.2. The lowest BCUT2D eigenvalue weighted by Crippen LogP contribution is -2.59. The zero-order valence-electron chi connectivity index (χ0n) is 18.2. The van der Waals surface area contributed by atoms with Gasteiger partial charge in [0, 0.05) is 34.8 Å². The van der Waals surface area contributed by atoms with E-state index in [9.17, 15) is 14.4 Å². The molecule has 2 aromatic rings. The van der Waals surface area contributed by atoms with Crippen LogP contribution in [0.15, 0.2) is 23.6 Å². The van der Waals surface area contributed by atoms with E-state index in [0.29, 0.717) is 27.3 Å². The maximum absolute atomic E-state index is 13.1. The molecule has 1 aliphatic heterocycles. The fraction of sp³-hybridized carbons (Fsp3) is 0.478. The summed E-state index contributed by atoms with van der Waals surface area (Å²) in [5.41, 5.74) is 0.544. The second-order valence-electron chi connectivity index (χ2n) is 9.25. The van der Waals surface area contributed by atoms with Crippen molar-refractivity contribution in [2.75, 3.05) is 11.9 Å². The van der Waals surface area contributed by atoms with Crippen molar-refractivity contribution in [2.24, 2.45) is 16.7 Å². The van der Waals surface area contributed by atoms with Gasteiger partial charge in [0.25, 0.3) is 0 Å². The largest absolute Gasteiger partial charge is 0.302 e. The monoisotopic (exact) mass is 493 g/mol. The summed E-state index contributed by atoms with van der Waals surface area (Å²) in [4.78, 5) is 44.1. The molecule has 1 aromatic carbocycles. The van der Waals surface area contributed by atoms with E-state index in [4.69, 9.17) is 23.2 Å². The highest BCUT2D eigenvalue weighted by atomic mass is 35.5. The Labute approximate surface area is 201 Å². The molecule has 4 rings (SSSR count). The molecule has 2 bridgehead atoms. The van der Waals surface area contributed by atoms with Gasteiger partial charge in [0.05, 0.1) is 16.1 Å². The number of carbonyl (C=O) groups is 3. The van der Waals surface area contributed by atoms with E-state index in [1.165, 1.54) is 16.2 Å². The number of rotatable bonds is 6. The van der Waals surface area contributed by atoms with Crippen LogP contribution in [-0.4, -0.2) is 34.2 Å². The average Bonchev–Trinajstić information content (AvgIpc) is 3.24. The standard InChI is InChI=1S/C23H25Cl2N3O3S/c1-22(2)15-8-9-23(22,3)20(31)28(19(15)30)10-4-5-18(29)27-21-26-17(12-32-21)14-7-6-13(24)11-16(14)25/h6-7,11-12,15H,4-5,8-10H2,1-3H3,(H,26,27,29). The number of aromatic nitrogens is 1. The molecule has 3 amide bonds. The molecule has 2 heterocycles. The summed E-state index contributed by atoms with van der Waals surface area (Å²) in [6.45, 7) is 6.26. The average molecular weight is 494 g/mol. The summed E-state index contributed by atoms with van der Waals surface area (Å²) in [6, 6.07) is 5.16. The molecule has 2 unspecified atom stereocenters. The Morgan fingerprint density at radius 3 is 2.75 bits per heavy atom. The Morgan fingerprint density at radius 2 is 2.03 bits per heavy atom. The van der Waals surface area contributed by atoms with E-state index in [-0.39, 0.29) is 42.0 Å². The number of imide groups is 1. The van der Waals surface area contributed by atoms with Gasteiger partial charge >= 0.3 is 0 Å². The van der Waals surface area contributed by atoms with E-state index in [1.807, 2.05) is 26.2 Å². The first-order valence-electron chi connectivity index (χ1n) is 10.6. The Kier molecular flexibility index (Phi) is 6.11. The molecular weight excluding hydrogens is 469 g/mol. The van der Waals surface area contributed by atoms with Gasteiger partial charge in [-0.1, -0.05) is 44.0 Å². The second-order valence-corrected chi connectivity index (χ2v) is 11.0. The number of thiazole rings is 1. The fourth-order valence-corrected chi connectivity index (χ4v) is 6.08. The molecule has 0 spiro atoms. The van der Waals surface area contributed by atoms with Crippen molar-refractivity contribution in [3.8, 4) is 11.3 Å². The smallest absolute Gasteiger partial charge is 0.235 e. The van der Waals surface area contributed by atoms with Crippen molar-refractivity contribution in [1.82, 2.24) is 9.88 Å². The third-order valence-corrected chi connectivity index (χ3v) is 8.56. The maximum atomic E-state index is 13.1. The molecule has 32 heavy (non-hydrogen) atoms. The van der Waals surface area contributed by atoms with Crippen LogP contribution >= 0.6 is 34.5 Å². The van der Waals surface area contributed by atoms with E-state index in [0.717, 1.165) is 18.4 Å². The van der Waals surface area contributed by atoms with Gasteiger partial charge in [-0.2, -0.15) is 0 Å². The highest BCUT2D eigenvalue weighted by molar-refractivity contribution is 7.14. The lowest BCUT2D eigenvalue weighted by molar-refractivity contribution is -0.168. The lowest BCUT2D eigenvalue weighted by Gasteiger charge is -2.47. The summed E-state index contributed by atoms with van der Waals surface area (Å²) in [5, 5.41) is 6.09. The highest BCUT2D eigenvalue weighted by Crippen LogP contribution is 2.60. The molecular formula is C23H25Cl2N3O3S. The van der Waals surface area contributed by atoms with Gasteiger partial charge in [-0.05, 0) is 42.9 Å². The van der Waals surface area contributed by atoms with Crippen LogP contribution in [0.4, 0.5) is 5.13 Å². The van der Waals surface area contributed by atoms with E-state index in [2.05, 4.69) is 10.3 Å². The highest BCUT2D eigenvalue weighted by Gasteiger charge is 2.64. The normalized spacial score (nSPS) is 24.2. The molecule has 1 saturated carbocycles. The summed E-state index contributed by atoms with van der Waals surface area (Å²) in [7, 11) is 0. The van der Waals surface area contributed by atoms with Gasteiger partial charge in [-0.3, -0.25) is 19.3 Å². The number of likely N-dealkylation sites (tertiary alicyclic amines) is 1. The van der Waals surface area contributed by atoms with Crippen LogP contribution in [0.1, 0.15) is 46.5 Å². The molecule has 1 N–H and O–H groups in total. The number of amides is 3. The summed E-state index contributed by atoms with van der Waals surface area (Å²) >= 11 is 13.5. The Bertz CT molecular complexity index is 1100. The van der Waals surface area contributed by atoms with Gasteiger partial charge in [0.1, 0.15) is 0 Å². The molecule has 6 nitrogen and oxygen atoms in total. The van der Waals surface area contributed by atoms with Crippen molar-refractivity contribution < 1.29 is 14.4 Å². The van der Waals surface area contributed by atoms with E-state index in [1.54, 1.807) is 18.2 Å². The van der Waals surface area contributed by atoms with Crippen molar-refractivity contribution in [3.63, 3.8) is 0 Å². The van der Waals surface area contributed by atoms with Crippen molar-refractivity contribution in [1.29, 1.82) is 0 Å². The van der Waals surface area contributed by atoms with Crippen LogP contribution in [0, 0.1) is 16.7 Å². The topological polar surface area (TPSA) is 79.4 Å². The van der Waals surface area contributed by atoms with Gasteiger partial charge in [0.15, 0.2) is 5.13 Å². The number of benzene rings is 1. The third kappa shape index (κ3) is 3.84. The molecule has 1 aromatic heterocycles. The number of nitrogens with zero attached hydrogens (tertiary/aromatic N) is 2. The molecule has 2 fully saturated rings. The number of nitrogens with one attached hydrogen (secondary N) is 1. The SMILES string of the molecule is CC12CCC(C(=O)N(CCCC(=O)Nc3nc(-c4ccc(Cl)cc4Cl)cs3)C1=O)C2(C)C. The Hall–Kier alpha value is -1.96. The van der Waals surface area contributed by atoms with Crippen LogP contribution < -0.4 is 5.32 Å². The Morgan fingerprint density at radius 1 is 1.28 bits per heavy atom. The number of piperidine rings is 1. The van der Waals surface area contributed by atoms with Crippen molar-refractivity contribution >= 4 is 57.4 Å². The zero-order chi connectivity index (χ0) is 23.3. The minimum atomic E-state index is -0.520. The predicted octanol–water partition coefficient (Wildman–Crippen LogP) is 5.65. The number of hydrogen-bond donors (Lipinski definition) is 1. The van der Waals surface area contributed by atoms with Gasteiger partial charge in [-0.25, -0.2) is 4.98 Å². The van der Waals surface area contributed by atoms with E-state index >= 15 is 0 Å². The molecule has 0 radical (unpaired) electrons. The maximum Gasteiger partial charge on any atom is 0.235 e. The number of carbonyl (C=O) groups excluding carboxylic acids is 3. The van der Waals surface area contributed by atoms with Crippen LogP contribution in [0.2, 0.25) is 10.0 Å². The van der Waals surface area contributed by atoms with Crippen LogP contribution in [0.3, 0.4) is 0 Å². The summed E-state index contributed by atoms with van der Waals surface area (Å²) in [6.07, 6.45) is 2.08. The zero-order valence-corrected chi connectivity index (χ0v) is 20.5. The first-order chi connectivity index (χ1) is 15.0. The van der Waals surface area contributed by atoms with Crippen molar-refractivity contribution in [3.05, 3.63) is 33.6 Å². The molecule has 2 atom stereocenters. The minimum Gasteiger partial charge on any atom is -0.302 e. The van der Waals surface area contributed by atoms with Gasteiger partial charge in [0.2, 0.25) is 17.7 Å². The van der Waals surface area contributed by atoms with Crippen LogP contribution in [-0.2, 0) is 14.4 Å². The predicted molar refractivity (Wildman–Crippen MR) is 127 cm³/mol. The minimum absolute atomic E-state index is 0.0974. The fourth-order valence-electron chi connectivity index (χ4n) is 4.84. The molecule has 9 heteroatoms. The lowest BCUT2D eigenvalue weighted by atomic mass is 9.62. The van der Waals surface area contributed by atoms with Crippen LogP contribution in [0.25, 0.3) is 11.3 Å². The quantitative estimate of drug-likeness (QED) is 0.527. The Balaban J connectivity index is 1.33. The third-order valence-electron chi connectivity index (χ3n) is 7.25. The molecule has 170 valence electrons. The molecule has 1 aliphatic carbocycles. The van der Waals surface area contributed by atoms with Gasteiger partial charge < -0.3 is 5.32 Å². The summed E-state index contributed by atoms with van der Waals surface area (Å²) in [5.74, 6) is -0.544. The number of fused-ring (bicyclic) bond motifs is 2. The first-order valence-corrected chi connectivity index (χ1v) is 12.2. The van der Waals surface area contributed by atoms with Crippen molar-refractivity contribution in [2.45, 2.75) is 46.5 Å². The molecule has 1 saturated heterocycles. The summed E-state index contributed by atoms with van der Waals surface area (Å²) < 4.78 is 0. The van der Waals surface area contributed by atoms with E-state index < -0.39 is 5.41 Å². The number of anilines is 1. The molecule has 2 aliphatic rings. The van der Waals surface area contributed by atoms with Crippen LogP contribution in [0.5, 0.6) is 0 Å².